The largest absolute Gasteiger partial charge is 0.352 e. The maximum Gasteiger partial charge on any atom is 0.235 e. The molecular weight excluding hydrogens is 276 g/mol. The molecule has 2 N–H and O–H groups in total. The van der Waals surface area contributed by atoms with Gasteiger partial charge in [0.2, 0.25) is 11.8 Å². The minimum absolute atomic E-state index is 0.288. The van der Waals surface area contributed by atoms with Gasteiger partial charge < -0.3 is 10.6 Å². The fourth-order valence-corrected chi connectivity index (χ4v) is 1.73. The molecule has 0 aliphatic carbocycles. The Labute approximate surface area is 124 Å². The summed E-state index contributed by atoms with van der Waals surface area (Å²) in [6.07, 6.45) is 1.57. The van der Waals surface area contributed by atoms with Gasteiger partial charge >= 0.3 is 0 Å². The second kappa shape index (κ2) is 7.10. The molecule has 0 fully saturated rings. The molecule has 20 heavy (non-hydrogen) atoms. The smallest absolute Gasteiger partial charge is 0.235 e. The molecule has 0 unspecified atom stereocenters. The number of nitrogens with one attached hydrogen (secondary N) is 2. The molecule has 0 aromatic heterocycles. The van der Waals surface area contributed by atoms with Crippen LogP contribution in [0.3, 0.4) is 0 Å². The summed E-state index contributed by atoms with van der Waals surface area (Å²) >= 11 is 6.01. The highest BCUT2D eigenvalue weighted by Gasteiger charge is 2.35. The number of rotatable bonds is 6. The van der Waals surface area contributed by atoms with E-state index in [0.29, 0.717) is 11.6 Å². The van der Waals surface area contributed by atoms with E-state index in [0.717, 1.165) is 5.56 Å². The Morgan fingerprint density at radius 3 is 2.45 bits per heavy atom. The topological polar surface area (TPSA) is 58.2 Å². The average Bonchev–Trinajstić information content (AvgIpc) is 2.43. The van der Waals surface area contributed by atoms with E-state index in [-0.39, 0.29) is 18.4 Å². The van der Waals surface area contributed by atoms with Crippen molar-refractivity contribution < 1.29 is 9.59 Å². The van der Waals surface area contributed by atoms with Crippen molar-refractivity contribution >= 4 is 23.4 Å². The molecule has 2 amide bonds. The molecule has 0 heterocycles. The first-order valence-corrected chi connectivity index (χ1v) is 6.68. The van der Waals surface area contributed by atoms with Crippen LogP contribution in [-0.2, 0) is 16.1 Å². The second-order valence-electron chi connectivity index (χ2n) is 4.90. The molecule has 0 saturated carbocycles. The van der Waals surface area contributed by atoms with Gasteiger partial charge in [0.25, 0.3) is 0 Å². The third-order valence-electron chi connectivity index (χ3n) is 2.94. The maximum absolute atomic E-state index is 12.1. The highest BCUT2D eigenvalue weighted by Crippen LogP contribution is 2.18. The number of benzene rings is 1. The molecule has 0 aliphatic rings. The highest BCUT2D eigenvalue weighted by atomic mass is 35.5. The van der Waals surface area contributed by atoms with E-state index < -0.39 is 5.41 Å². The summed E-state index contributed by atoms with van der Waals surface area (Å²) in [5.74, 6) is -0.687. The van der Waals surface area contributed by atoms with Gasteiger partial charge in [0.1, 0.15) is 5.41 Å². The van der Waals surface area contributed by atoms with E-state index in [1.807, 2.05) is 18.2 Å². The Hall–Kier alpha value is -1.81. The lowest BCUT2D eigenvalue weighted by Crippen LogP contribution is -2.47. The van der Waals surface area contributed by atoms with Gasteiger partial charge in [-0.1, -0.05) is 35.9 Å². The molecule has 4 nitrogen and oxygen atoms in total. The van der Waals surface area contributed by atoms with Gasteiger partial charge in [-0.05, 0) is 25.5 Å². The molecule has 0 radical (unpaired) electrons. The Balaban J connectivity index is 2.63. The number of carbonyl (C=O) groups excluding carboxylic acids is 2. The number of halogens is 1. The predicted octanol–water partition coefficient (Wildman–Crippen LogP) is 2.28. The summed E-state index contributed by atoms with van der Waals surface area (Å²) in [6, 6.07) is 7.24. The SMILES string of the molecule is C=CCNC(=O)C(C)(C)C(=O)NCc1ccccc1Cl. The van der Waals surface area contributed by atoms with Crippen molar-refractivity contribution in [1.29, 1.82) is 0 Å². The zero-order valence-electron chi connectivity index (χ0n) is 11.7. The standard InChI is InChI=1S/C15H19ClN2O2/c1-4-9-17-13(19)15(2,3)14(20)18-10-11-7-5-6-8-12(11)16/h4-8H,1,9-10H2,2-3H3,(H,17,19)(H,18,20). The van der Waals surface area contributed by atoms with Crippen LogP contribution in [0.15, 0.2) is 36.9 Å². The van der Waals surface area contributed by atoms with Crippen LogP contribution < -0.4 is 10.6 Å². The van der Waals surface area contributed by atoms with Crippen molar-refractivity contribution in [3.63, 3.8) is 0 Å². The van der Waals surface area contributed by atoms with Gasteiger partial charge in [-0.3, -0.25) is 9.59 Å². The summed E-state index contributed by atoms with van der Waals surface area (Å²) < 4.78 is 0. The molecule has 108 valence electrons. The zero-order chi connectivity index (χ0) is 15.2. The summed E-state index contributed by atoms with van der Waals surface area (Å²) in [6.45, 7) is 7.29. The number of hydrogen-bond donors (Lipinski definition) is 2. The van der Waals surface area contributed by atoms with Crippen LogP contribution in [-0.4, -0.2) is 18.4 Å². The van der Waals surface area contributed by atoms with E-state index in [4.69, 9.17) is 11.6 Å². The summed E-state index contributed by atoms with van der Waals surface area (Å²) in [7, 11) is 0. The first-order valence-electron chi connectivity index (χ1n) is 6.30. The Bertz CT molecular complexity index is 512. The van der Waals surface area contributed by atoms with Crippen molar-refractivity contribution in [2.24, 2.45) is 5.41 Å². The highest BCUT2D eigenvalue weighted by molar-refractivity contribution is 6.31. The molecule has 0 bridgehead atoms. The van der Waals surface area contributed by atoms with E-state index >= 15 is 0 Å². The van der Waals surface area contributed by atoms with E-state index in [1.165, 1.54) is 0 Å². The van der Waals surface area contributed by atoms with Gasteiger partial charge in [-0.15, -0.1) is 6.58 Å². The minimum Gasteiger partial charge on any atom is -0.352 e. The summed E-state index contributed by atoms with van der Waals surface area (Å²) in [5.41, 5.74) is -0.339. The fourth-order valence-electron chi connectivity index (χ4n) is 1.53. The van der Waals surface area contributed by atoms with Crippen LogP contribution in [0.5, 0.6) is 0 Å². The van der Waals surface area contributed by atoms with Crippen molar-refractivity contribution in [3.05, 3.63) is 47.5 Å². The predicted molar refractivity (Wildman–Crippen MR) is 80.3 cm³/mol. The van der Waals surface area contributed by atoms with Crippen LogP contribution >= 0.6 is 11.6 Å². The van der Waals surface area contributed by atoms with Crippen LogP contribution in [0.25, 0.3) is 0 Å². The number of amides is 2. The van der Waals surface area contributed by atoms with Crippen molar-refractivity contribution in [2.45, 2.75) is 20.4 Å². The van der Waals surface area contributed by atoms with E-state index in [1.54, 1.807) is 26.0 Å². The molecule has 0 aliphatic heterocycles. The molecular formula is C15H19ClN2O2. The lowest BCUT2D eigenvalue weighted by atomic mass is 9.91. The Kier molecular flexibility index (Phi) is 5.77. The first kappa shape index (κ1) is 16.2. The van der Waals surface area contributed by atoms with Crippen LogP contribution in [0.2, 0.25) is 5.02 Å². The quantitative estimate of drug-likeness (QED) is 0.625. The van der Waals surface area contributed by atoms with Crippen LogP contribution in [0.4, 0.5) is 0 Å². The Morgan fingerprint density at radius 1 is 1.25 bits per heavy atom. The lowest BCUT2D eigenvalue weighted by molar-refractivity contribution is -0.141. The normalized spacial score (nSPS) is 10.8. The first-order chi connectivity index (χ1) is 9.39. The van der Waals surface area contributed by atoms with Crippen LogP contribution in [0, 0.1) is 5.41 Å². The fraction of sp³-hybridized carbons (Fsp3) is 0.333. The lowest BCUT2D eigenvalue weighted by Gasteiger charge is -2.22. The van der Waals surface area contributed by atoms with Gasteiger partial charge in [-0.2, -0.15) is 0 Å². The van der Waals surface area contributed by atoms with Gasteiger partial charge in [0.05, 0.1) is 0 Å². The summed E-state index contributed by atoms with van der Waals surface area (Å²) in [5, 5.41) is 5.93. The average molecular weight is 295 g/mol. The van der Waals surface area contributed by atoms with Crippen molar-refractivity contribution in [1.82, 2.24) is 10.6 Å². The molecule has 0 saturated heterocycles. The van der Waals surface area contributed by atoms with Crippen LogP contribution in [0.1, 0.15) is 19.4 Å². The minimum atomic E-state index is -1.15. The van der Waals surface area contributed by atoms with Gasteiger partial charge in [0, 0.05) is 18.1 Å². The molecule has 1 aromatic carbocycles. The van der Waals surface area contributed by atoms with Crippen molar-refractivity contribution in [2.75, 3.05) is 6.54 Å². The summed E-state index contributed by atoms with van der Waals surface area (Å²) in [4.78, 5) is 24.0. The van der Waals surface area contributed by atoms with Gasteiger partial charge in [-0.25, -0.2) is 0 Å². The second-order valence-corrected chi connectivity index (χ2v) is 5.30. The maximum atomic E-state index is 12.1. The van der Waals surface area contributed by atoms with E-state index in [2.05, 4.69) is 17.2 Å². The van der Waals surface area contributed by atoms with E-state index in [9.17, 15) is 9.59 Å². The molecule has 1 rings (SSSR count). The zero-order valence-corrected chi connectivity index (χ0v) is 12.5. The monoisotopic (exact) mass is 294 g/mol. The Morgan fingerprint density at radius 2 is 1.85 bits per heavy atom. The number of carbonyl (C=O) groups is 2. The molecule has 0 atom stereocenters. The third kappa shape index (κ3) is 4.10. The van der Waals surface area contributed by atoms with Crippen molar-refractivity contribution in [3.8, 4) is 0 Å². The number of hydrogen-bond acceptors (Lipinski definition) is 2. The molecule has 0 spiro atoms. The molecule has 1 aromatic rings. The molecule has 5 heteroatoms. The van der Waals surface area contributed by atoms with Gasteiger partial charge in [0.15, 0.2) is 0 Å². The third-order valence-corrected chi connectivity index (χ3v) is 3.31.